The summed E-state index contributed by atoms with van der Waals surface area (Å²) in [5.41, 5.74) is 1.03. The van der Waals surface area contributed by atoms with Crippen molar-refractivity contribution in [2.24, 2.45) is 0 Å². The zero-order valence-electron chi connectivity index (χ0n) is 14.8. The predicted octanol–water partition coefficient (Wildman–Crippen LogP) is 3.68. The number of nitro benzene ring substituents is 1. The number of esters is 1. The number of nitrogens with one attached hydrogen (secondary N) is 1. The fourth-order valence-corrected chi connectivity index (χ4v) is 2.79. The molecule has 1 N–H and O–H groups in total. The summed E-state index contributed by atoms with van der Waals surface area (Å²) in [5, 5.41) is 14.0. The van der Waals surface area contributed by atoms with Gasteiger partial charge in [-0.25, -0.2) is 4.79 Å². The molecule has 1 saturated heterocycles. The van der Waals surface area contributed by atoms with Crippen LogP contribution in [0.1, 0.15) is 23.2 Å². The summed E-state index contributed by atoms with van der Waals surface area (Å²) in [6.45, 7) is 1.30. The van der Waals surface area contributed by atoms with Crippen LogP contribution in [0, 0.1) is 10.1 Å². The van der Waals surface area contributed by atoms with E-state index in [1.807, 2.05) is 0 Å². The largest absolute Gasteiger partial charge is 0.491 e. The Morgan fingerprint density at radius 1 is 1.30 bits per heavy atom. The summed E-state index contributed by atoms with van der Waals surface area (Å²) < 4.78 is 16.0. The maximum absolute atomic E-state index is 11.9. The maximum atomic E-state index is 11.9. The van der Waals surface area contributed by atoms with Gasteiger partial charge in [-0.3, -0.25) is 10.1 Å². The molecule has 1 unspecified atom stereocenters. The van der Waals surface area contributed by atoms with Crippen LogP contribution >= 0.6 is 0 Å². The number of anilines is 2. The molecule has 0 aliphatic carbocycles. The Morgan fingerprint density at radius 3 is 2.70 bits per heavy atom. The van der Waals surface area contributed by atoms with Gasteiger partial charge in [0.05, 0.1) is 29.4 Å². The van der Waals surface area contributed by atoms with E-state index in [0.29, 0.717) is 23.7 Å². The number of non-ortho nitro benzene ring substituents is 1. The molecule has 1 fully saturated rings. The van der Waals surface area contributed by atoms with Crippen molar-refractivity contribution in [3.8, 4) is 5.75 Å². The normalized spacial score (nSPS) is 16.0. The van der Waals surface area contributed by atoms with Gasteiger partial charge in [0.15, 0.2) is 0 Å². The zero-order valence-corrected chi connectivity index (χ0v) is 14.8. The quantitative estimate of drug-likeness (QED) is 0.449. The molecule has 2 aromatic rings. The van der Waals surface area contributed by atoms with Crippen LogP contribution in [0.25, 0.3) is 0 Å². The first kappa shape index (κ1) is 18.7. The van der Waals surface area contributed by atoms with Crippen molar-refractivity contribution in [3.63, 3.8) is 0 Å². The Bertz CT molecular complexity index is 815. The maximum Gasteiger partial charge on any atom is 0.340 e. The van der Waals surface area contributed by atoms with E-state index < -0.39 is 10.9 Å². The smallest absolute Gasteiger partial charge is 0.340 e. The molecule has 0 aromatic heterocycles. The average molecular weight is 372 g/mol. The third kappa shape index (κ3) is 4.73. The fraction of sp³-hybridized carbons (Fsp3) is 0.316. The van der Waals surface area contributed by atoms with Gasteiger partial charge in [-0.15, -0.1) is 0 Å². The molecular formula is C19H20N2O6. The third-order valence-corrected chi connectivity index (χ3v) is 4.21. The Kier molecular flexibility index (Phi) is 5.87. The molecule has 0 saturated carbocycles. The van der Waals surface area contributed by atoms with E-state index in [1.54, 1.807) is 24.3 Å². The number of nitrogens with zero attached hydrogens (tertiary/aromatic N) is 1. The van der Waals surface area contributed by atoms with Crippen LogP contribution in [0.4, 0.5) is 17.1 Å². The Balaban J connectivity index is 1.70. The van der Waals surface area contributed by atoms with E-state index in [2.05, 4.69) is 5.32 Å². The van der Waals surface area contributed by atoms with E-state index >= 15 is 0 Å². The highest BCUT2D eigenvalue weighted by atomic mass is 16.6. The van der Waals surface area contributed by atoms with Crippen molar-refractivity contribution in [1.29, 1.82) is 0 Å². The molecule has 0 amide bonds. The van der Waals surface area contributed by atoms with Crippen LogP contribution in [0.5, 0.6) is 5.75 Å². The van der Waals surface area contributed by atoms with Gasteiger partial charge in [0.2, 0.25) is 0 Å². The highest BCUT2D eigenvalue weighted by Gasteiger charge is 2.18. The lowest BCUT2D eigenvalue weighted by atomic mass is 10.1. The Labute approximate surface area is 156 Å². The number of hydrogen-bond acceptors (Lipinski definition) is 7. The summed E-state index contributed by atoms with van der Waals surface area (Å²) in [7, 11) is 1.23. The van der Waals surface area contributed by atoms with Crippen molar-refractivity contribution in [1.82, 2.24) is 0 Å². The molecule has 8 heteroatoms. The monoisotopic (exact) mass is 372 g/mol. The van der Waals surface area contributed by atoms with Gasteiger partial charge in [-0.05, 0) is 43.2 Å². The summed E-state index contributed by atoms with van der Waals surface area (Å²) in [6, 6.07) is 11.2. The number of carbonyl (C=O) groups excluding carboxylic acids is 1. The lowest BCUT2D eigenvalue weighted by molar-refractivity contribution is -0.384. The van der Waals surface area contributed by atoms with Gasteiger partial charge in [-0.2, -0.15) is 0 Å². The summed E-state index contributed by atoms with van der Waals surface area (Å²) in [4.78, 5) is 22.3. The molecule has 0 bridgehead atoms. The van der Waals surface area contributed by atoms with Gasteiger partial charge >= 0.3 is 5.97 Å². The van der Waals surface area contributed by atoms with Crippen LogP contribution in [0.2, 0.25) is 0 Å². The van der Waals surface area contributed by atoms with Gasteiger partial charge < -0.3 is 19.5 Å². The van der Waals surface area contributed by atoms with Crippen molar-refractivity contribution >= 4 is 23.0 Å². The minimum Gasteiger partial charge on any atom is -0.491 e. The summed E-state index contributed by atoms with van der Waals surface area (Å²) in [5.74, 6) is 0.0608. The first-order chi connectivity index (χ1) is 13.1. The molecule has 27 heavy (non-hydrogen) atoms. The number of carbonyl (C=O) groups is 1. The molecule has 142 valence electrons. The third-order valence-electron chi connectivity index (χ3n) is 4.21. The molecule has 8 nitrogen and oxygen atoms in total. The Morgan fingerprint density at radius 2 is 2.07 bits per heavy atom. The summed E-state index contributed by atoms with van der Waals surface area (Å²) >= 11 is 0. The highest BCUT2D eigenvalue weighted by Crippen LogP contribution is 2.27. The molecule has 1 atom stereocenters. The first-order valence-electron chi connectivity index (χ1n) is 8.55. The molecular weight excluding hydrogens is 352 g/mol. The summed E-state index contributed by atoms with van der Waals surface area (Å²) in [6.07, 6.45) is 2.22. The molecule has 1 heterocycles. The van der Waals surface area contributed by atoms with Gasteiger partial charge in [0.1, 0.15) is 12.4 Å². The van der Waals surface area contributed by atoms with Crippen molar-refractivity contribution in [2.75, 3.05) is 25.6 Å². The number of benzene rings is 2. The van der Waals surface area contributed by atoms with E-state index in [1.165, 1.54) is 25.3 Å². The predicted molar refractivity (Wildman–Crippen MR) is 98.6 cm³/mol. The van der Waals surface area contributed by atoms with Gasteiger partial charge in [0.25, 0.3) is 5.69 Å². The van der Waals surface area contributed by atoms with Crippen LogP contribution in [0.3, 0.4) is 0 Å². The number of methoxy groups -OCH3 is 1. The topological polar surface area (TPSA) is 99.9 Å². The molecule has 1 aliphatic heterocycles. The van der Waals surface area contributed by atoms with Crippen LogP contribution in [-0.2, 0) is 9.47 Å². The van der Waals surface area contributed by atoms with E-state index in [4.69, 9.17) is 14.2 Å². The molecule has 2 aromatic carbocycles. The number of hydrogen-bond donors (Lipinski definition) is 1. The second-order valence-corrected chi connectivity index (χ2v) is 6.07. The van der Waals surface area contributed by atoms with Crippen molar-refractivity contribution < 1.29 is 23.9 Å². The number of rotatable bonds is 7. The minimum atomic E-state index is -0.655. The van der Waals surface area contributed by atoms with Gasteiger partial charge in [-0.1, -0.05) is 0 Å². The van der Waals surface area contributed by atoms with E-state index in [-0.39, 0.29) is 17.4 Å². The molecule has 0 spiro atoms. The SMILES string of the molecule is COC(=O)c1cc([N+](=O)[O-])ccc1Nc1ccc(OCC2CCCO2)cc1. The Hall–Kier alpha value is -3.13. The second kappa shape index (κ2) is 8.50. The standard InChI is InChI=1S/C19H20N2O6/c1-25-19(22)17-11-14(21(23)24)6-9-18(17)20-13-4-7-15(8-5-13)27-12-16-3-2-10-26-16/h4-9,11,16,20H,2-3,10,12H2,1H3. The molecule has 3 rings (SSSR count). The van der Waals surface area contributed by atoms with Crippen LogP contribution in [0.15, 0.2) is 42.5 Å². The zero-order chi connectivity index (χ0) is 19.2. The van der Waals surface area contributed by atoms with Crippen LogP contribution in [-0.4, -0.2) is 37.3 Å². The minimum absolute atomic E-state index is 0.0883. The van der Waals surface area contributed by atoms with E-state index in [0.717, 1.165) is 19.4 Å². The van der Waals surface area contributed by atoms with Gasteiger partial charge in [0, 0.05) is 24.4 Å². The molecule has 1 aliphatic rings. The van der Waals surface area contributed by atoms with Crippen molar-refractivity contribution in [2.45, 2.75) is 18.9 Å². The van der Waals surface area contributed by atoms with E-state index in [9.17, 15) is 14.9 Å². The lowest BCUT2D eigenvalue weighted by Gasteiger charge is -2.13. The first-order valence-corrected chi connectivity index (χ1v) is 8.55. The number of nitro groups is 1. The lowest BCUT2D eigenvalue weighted by Crippen LogP contribution is -2.16. The fourth-order valence-electron chi connectivity index (χ4n) is 2.79. The van der Waals surface area contributed by atoms with Crippen molar-refractivity contribution in [3.05, 3.63) is 58.1 Å². The second-order valence-electron chi connectivity index (χ2n) is 6.07. The average Bonchev–Trinajstić information content (AvgIpc) is 3.20. The molecule has 0 radical (unpaired) electrons. The number of ether oxygens (including phenoxy) is 3. The highest BCUT2D eigenvalue weighted by molar-refractivity contribution is 5.97. The van der Waals surface area contributed by atoms with Crippen LogP contribution < -0.4 is 10.1 Å².